The van der Waals surface area contributed by atoms with Crippen molar-refractivity contribution < 1.29 is 4.74 Å². The molecule has 0 radical (unpaired) electrons. The van der Waals surface area contributed by atoms with Crippen molar-refractivity contribution in [1.82, 2.24) is 9.97 Å². The average molecular weight is 275 g/mol. The number of nitrogen functional groups attached to an aromatic ring is 1. The number of aryl methyl sites for hydroxylation is 2. The van der Waals surface area contributed by atoms with Gasteiger partial charge in [-0.1, -0.05) is 23.9 Å². The van der Waals surface area contributed by atoms with Gasteiger partial charge in [0.15, 0.2) is 5.16 Å². The molecule has 4 nitrogen and oxygen atoms in total. The molecule has 0 saturated carbocycles. The second-order valence-electron chi connectivity index (χ2n) is 4.37. The fraction of sp³-hybridized carbons (Fsp3) is 0.286. The molecule has 0 atom stereocenters. The third-order valence-corrected chi connectivity index (χ3v) is 3.51. The Labute approximate surface area is 117 Å². The normalized spacial score (nSPS) is 10.5. The summed E-state index contributed by atoms with van der Waals surface area (Å²) < 4.78 is 5.90. The van der Waals surface area contributed by atoms with Crippen molar-refractivity contribution in [2.45, 2.75) is 25.9 Å². The van der Waals surface area contributed by atoms with Crippen LogP contribution in [0.4, 0.5) is 5.82 Å². The van der Waals surface area contributed by atoms with Crippen molar-refractivity contribution in [3.05, 3.63) is 34.9 Å². The highest BCUT2D eigenvalue weighted by Gasteiger charge is 2.10. The van der Waals surface area contributed by atoms with Gasteiger partial charge in [0.2, 0.25) is 5.88 Å². The van der Waals surface area contributed by atoms with E-state index in [1.807, 2.05) is 26.2 Å². The monoisotopic (exact) mass is 275 g/mol. The molecule has 2 rings (SSSR count). The average Bonchev–Trinajstić information content (AvgIpc) is 2.38. The fourth-order valence-electron chi connectivity index (χ4n) is 1.75. The lowest BCUT2D eigenvalue weighted by atomic mass is 10.1. The van der Waals surface area contributed by atoms with E-state index in [1.54, 1.807) is 6.07 Å². The molecular weight excluding hydrogens is 258 g/mol. The van der Waals surface area contributed by atoms with Gasteiger partial charge in [-0.15, -0.1) is 0 Å². The van der Waals surface area contributed by atoms with Crippen LogP contribution in [0, 0.1) is 20.8 Å². The Kier molecular flexibility index (Phi) is 3.95. The predicted octanol–water partition coefficient (Wildman–Crippen LogP) is 3.50. The zero-order chi connectivity index (χ0) is 14.0. The molecule has 0 bridgehead atoms. The van der Waals surface area contributed by atoms with Crippen molar-refractivity contribution in [2.24, 2.45) is 0 Å². The predicted molar refractivity (Wildman–Crippen MR) is 79.0 cm³/mol. The van der Waals surface area contributed by atoms with E-state index < -0.39 is 0 Å². The SMILES string of the molecule is CSc1nc(N)cc(Oc2c(C)ccc(C)c2C)n1. The fourth-order valence-corrected chi connectivity index (χ4v) is 2.13. The number of ether oxygens (including phenoxy) is 1. The van der Waals surface area contributed by atoms with Crippen molar-refractivity contribution in [2.75, 3.05) is 12.0 Å². The van der Waals surface area contributed by atoms with Crippen molar-refractivity contribution >= 4 is 17.6 Å². The maximum atomic E-state index is 5.90. The summed E-state index contributed by atoms with van der Waals surface area (Å²) in [6.07, 6.45) is 1.90. The van der Waals surface area contributed by atoms with Gasteiger partial charge in [0.1, 0.15) is 11.6 Å². The Balaban J connectivity index is 2.41. The minimum absolute atomic E-state index is 0.414. The largest absolute Gasteiger partial charge is 0.438 e. The molecular formula is C14H17N3OS. The summed E-state index contributed by atoms with van der Waals surface area (Å²) in [6, 6.07) is 5.76. The molecule has 2 N–H and O–H groups in total. The standard InChI is InChI=1S/C14H17N3OS/c1-8-5-6-9(2)13(10(8)3)18-12-7-11(15)16-14(17-12)19-4/h5-7H,1-4H3,(H2,15,16,17). The summed E-state index contributed by atoms with van der Waals surface area (Å²) in [6.45, 7) is 6.11. The van der Waals surface area contributed by atoms with Gasteiger partial charge in [0, 0.05) is 6.07 Å². The summed E-state index contributed by atoms with van der Waals surface area (Å²) in [5, 5.41) is 0.609. The molecule has 1 aromatic carbocycles. The van der Waals surface area contributed by atoms with Crippen molar-refractivity contribution in [3.8, 4) is 11.6 Å². The number of anilines is 1. The Morgan fingerprint density at radius 1 is 1.11 bits per heavy atom. The molecule has 100 valence electrons. The first-order valence-electron chi connectivity index (χ1n) is 5.94. The molecule has 5 heteroatoms. The molecule has 19 heavy (non-hydrogen) atoms. The lowest BCUT2D eigenvalue weighted by Gasteiger charge is -2.13. The van der Waals surface area contributed by atoms with E-state index in [2.05, 4.69) is 23.0 Å². The van der Waals surface area contributed by atoms with Crippen LogP contribution in [0.5, 0.6) is 11.6 Å². The van der Waals surface area contributed by atoms with Gasteiger partial charge in [-0.3, -0.25) is 0 Å². The first-order chi connectivity index (χ1) is 9.01. The van der Waals surface area contributed by atoms with Crippen LogP contribution in [-0.4, -0.2) is 16.2 Å². The Hall–Kier alpha value is -1.75. The van der Waals surface area contributed by atoms with Crippen LogP contribution in [0.2, 0.25) is 0 Å². The van der Waals surface area contributed by atoms with E-state index in [-0.39, 0.29) is 0 Å². The minimum atomic E-state index is 0.414. The molecule has 0 aliphatic carbocycles. The maximum absolute atomic E-state index is 5.90. The van der Waals surface area contributed by atoms with Gasteiger partial charge in [-0.25, -0.2) is 4.98 Å². The Bertz CT molecular complexity index is 614. The lowest BCUT2D eigenvalue weighted by Crippen LogP contribution is -1.99. The number of nitrogens with zero attached hydrogens (tertiary/aromatic N) is 2. The van der Waals surface area contributed by atoms with E-state index in [0.717, 1.165) is 16.9 Å². The van der Waals surface area contributed by atoms with Gasteiger partial charge in [0.05, 0.1) is 0 Å². The van der Waals surface area contributed by atoms with E-state index >= 15 is 0 Å². The first-order valence-corrected chi connectivity index (χ1v) is 7.17. The maximum Gasteiger partial charge on any atom is 0.225 e. The number of rotatable bonds is 3. The van der Waals surface area contributed by atoms with E-state index in [0.29, 0.717) is 16.9 Å². The third kappa shape index (κ3) is 2.98. The highest BCUT2D eigenvalue weighted by molar-refractivity contribution is 7.98. The Morgan fingerprint density at radius 2 is 1.79 bits per heavy atom. The quantitative estimate of drug-likeness (QED) is 0.686. The molecule has 1 aromatic heterocycles. The zero-order valence-corrected chi connectivity index (χ0v) is 12.3. The van der Waals surface area contributed by atoms with E-state index in [9.17, 15) is 0 Å². The smallest absolute Gasteiger partial charge is 0.225 e. The summed E-state index contributed by atoms with van der Waals surface area (Å²) in [5.41, 5.74) is 9.13. The van der Waals surface area contributed by atoms with Crippen LogP contribution in [-0.2, 0) is 0 Å². The Morgan fingerprint density at radius 3 is 2.47 bits per heavy atom. The minimum Gasteiger partial charge on any atom is -0.438 e. The number of nitrogens with two attached hydrogens (primary N) is 1. The number of hydrogen-bond acceptors (Lipinski definition) is 5. The van der Waals surface area contributed by atoms with Gasteiger partial charge in [0.25, 0.3) is 0 Å². The summed E-state index contributed by atoms with van der Waals surface area (Å²) in [7, 11) is 0. The van der Waals surface area contributed by atoms with Gasteiger partial charge in [-0.2, -0.15) is 4.98 Å². The van der Waals surface area contributed by atoms with Crippen molar-refractivity contribution in [1.29, 1.82) is 0 Å². The number of hydrogen-bond donors (Lipinski definition) is 1. The van der Waals surface area contributed by atoms with Crippen LogP contribution in [0.25, 0.3) is 0 Å². The molecule has 2 aromatic rings. The zero-order valence-electron chi connectivity index (χ0n) is 11.5. The third-order valence-electron chi connectivity index (χ3n) is 2.96. The number of aromatic nitrogens is 2. The second kappa shape index (κ2) is 5.48. The van der Waals surface area contributed by atoms with Crippen LogP contribution >= 0.6 is 11.8 Å². The second-order valence-corrected chi connectivity index (χ2v) is 5.15. The molecule has 0 unspecified atom stereocenters. The van der Waals surface area contributed by atoms with E-state index in [4.69, 9.17) is 10.5 Å². The highest BCUT2D eigenvalue weighted by atomic mass is 32.2. The van der Waals surface area contributed by atoms with Crippen LogP contribution < -0.4 is 10.5 Å². The van der Waals surface area contributed by atoms with Crippen molar-refractivity contribution in [3.63, 3.8) is 0 Å². The van der Waals surface area contributed by atoms with Crippen LogP contribution in [0.1, 0.15) is 16.7 Å². The summed E-state index contributed by atoms with van der Waals surface area (Å²) in [4.78, 5) is 8.41. The first kappa shape index (κ1) is 13.7. The number of thioether (sulfide) groups is 1. The topological polar surface area (TPSA) is 61.0 Å². The summed E-state index contributed by atoms with van der Waals surface area (Å²) in [5.74, 6) is 1.73. The van der Waals surface area contributed by atoms with Gasteiger partial charge in [-0.05, 0) is 43.7 Å². The molecule has 1 heterocycles. The van der Waals surface area contributed by atoms with Crippen LogP contribution in [0.3, 0.4) is 0 Å². The molecule has 0 amide bonds. The molecule has 0 saturated heterocycles. The molecule has 0 aliphatic heterocycles. The summed E-state index contributed by atoms with van der Waals surface area (Å²) >= 11 is 1.44. The van der Waals surface area contributed by atoms with Gasteiger partial charge >= 0.3 is 0 Å². The molecule has 0 spiro atoms. The highest BCUT2D eigenvalue weighted by Crippen LogP contribution is 2.30. The molecule has 0 aliphatic rings. The number of benzene rings is 1. The van der Waals surface area contributed by atoms with Crippen LogP contribution in [0.15, 0.2) is 23.4 Å². The van der Waals surface area contributed by atoms with Gasteiger partial charge < -0.3 is 10.5 Å². The molecule has 0 fully saturated rings. The lowest BCUT2D eigenvalue weighted by molar-refractivity contribution is 0.449. The van der Waals surface area contributed by atoms with E-state index in [1.165, 1.54) is 17.3 Å².